The maximum Gasteiger partial charge on any atom is 0.387 e. The molecule has 0 aliphatic heterocycles. The second-order valence-electron chi connectivity index (χ2n) is 5.23. The molecular weight excluding hydrogens is 398 g/mol. The zero-order valence-electron chi connectivity index (χ0n) is 13.9. The molecule has 6 nitrogen and oxygen atoms in total. The molecule has 27 heavy (non-hydrogen) atoms. The Hall–Kier alpha value is -2.52. The number of nitrogens with zero attached hydrogens (tertiary/aromatic N) is 3. The van der Waals surface area contributed by atoms with E-state index in [1.165, 1.54) is 28.6 Å². The van der Waals surface area contributed by atoms with Gasteiger partial charge in [0.1, 0.15) is 11.5 Å². The van der Waals surface area contributed by atoms with Crippen LogP contribution in [0.3, 0.4) is 0 Å². The Labute approximate surface area is 163 Å². The SMILES string of the molecule is Nn1c(SCCOc2ccc(Cl)cc2)nnc1-c1ccc(OC(F)F)cc1. The van der Waals surface area contributed by atoms with E-state index in [0.29, 0.717) is 33.9 Å². The third-order valence-electron chi connectivity index (χ3n) is 3.40. The van der Waals surface area contributed by atoms with Crippen LogP contribution >= 0.6 is 23.4 Å². The lowest BCUT2D eigenvalue weighted by molar-refractivity contribution is -0.0498. The summed E-state index contributed by atoms with van der Waals surface area (Å²) in [5.41, 5.74) is 0.635. The lowest BCUT2D eigenvalue weighted by Crippen LogP contribution is -2.12. The number of rotatable bonds is 8. The van der Waals surface area contributed by atoms with Gasteiger partial charge in [-0.25, -0.2) is 4.68 Å². The molecule has 0 saturated carbocycles. The Kier molecular flexibility index (Phi) is 6.36. The van der Waals surface area contributed by atoms with E-state index >= 15 is 0 Å². The van der Waals surface area contributed by atoms with Crippen molar-refractivity contribution in [2.75, 3.05) is 18.2 Å². The highest BCUT2D eigenvalue weighted by atomic mass is 35.5. The highest BCUT2D eigenvalue weighted by Crippen LogP contribution is 2.24. The predicted octanol–water partition coefficient (Wildman–Crippen LogP) is 4.08. The number of hydrogen-bond donors (Lipinski definition) is 1. The quantitative estimate of drug-likeness (QED) is 0.341. The van der Waals surface area contributed by atoms with Crippen LogP contribution in [0.25, 0.3) is 11.4 Å². The fourth-order valence-electron chi connectivity index (χ4n) is 2.18. The maximum absolute atomic E-state index is 12.2. The van der Waals surface area contributed by atoms with E-state index in [-0.39, 0.29) is 5.75 Å². The lowest BCUT2D eigenvalue weighted by atomic mass is 10.2. The van der Waals surface area contributed by atoms with Gasteiger partial charge < -0.3 is 15.3 Å². The van der Waals surface area contributed by atoms with Crippen LogP contribution in [0.2, 0.25) is 5.02 Å². The minimum atomic E-state index is -2.87. The molecule has 0 spiro atoms. The van der Waals surface area contributed by atoms with Gasteiger partial charge >= 0.3 is 6.61 Å². The number of aromatic nitrogens is 3. The highest BCUT2D eigenvalue weighted by Gasteiger charge is 2.13. The van der Waals surface area contributed by atoms with Crippen molar-refractivity contribution in [2.24, 2.45) is 0 Å². The Morgan fingerprint density at radius 1 is 1.04 bits per heavy atom. The van der Waals surface area contributed by atoms with Crippen LogP contribution in [-0.4, -0.2) is 33.8 Å². The van der Waals surface area contributed by atoms with Crippen molar-refractivity contribution in [3.8, 4) is 22.9 Å². The molecule has 1 heterocycles. The van der Waals surface area contributed by atoms with Gasteiger partial charge in [0, 0.05) is 16.3 Å². The second-order valence-corrected chi connectivity index (χ2v) is 6.73. The van der Waals surface area contributed by atoms with Crippen LogP contribution in [0.5, 0.6) is 11.5 Å². The average Bonchev–Trinajstić information content (AvgIpc) is 3.01. The number of benzene rings is 2. The summed E-state index contributed by atoms with van der Waals surface area (Å²) in [6.45, 7) is -2.42. The molecule has 0 amide bonds. The van der Waals surface area contributed by atoms with Crippen molar-refractivity contribution >= 4 is 23.4 Å². The number of thioether (sulfide) groups is 1. The third-order valence-corrected chi connectivity index (χ3v) is 4.56. The molecule has 2 N–H and O–H groups in total. The molecule has 3 rings (SSSR count). The first-order valence-electron chi connectivity index (χ1n) is 7.80. The van der Waals surface area contributed by atoms with Crippen molar-refractivity contribution < 1.29 is 18.3 Å². The zero-order chi connectivity index (χ0) is 19.2. The number of nitrogens with two attached hydrogens (primary N) is 1. The molecule has 0 atom stereocenters. The van der Waals surface area contributed by atoms with Crippen LogP contribution in [0.4, 0.5) is 8.78 Å². The van der Waals surface area contributed by atoms with Crippen molar-refractivity contribution in [2.45, 2.75) is 11.8 Å². The second kappa shape index (κ2) is 8.92. The number of hydrogen-bond acceptors (Lipinski definition) is 6. The van der Waals surface area contributed by atoms with Gasteiger partial charge in [0.2, 0.25) is 5.16 Å². The summed E-state index contributed by atoms with van der Waals surface area (Å²) in [5, 5.41) is 9.25. The van der Waals surface area contributed by atoms with Gasteiger partial charge in [0.15, 0.2) is 5.82 Å². The molecule has 0 radical (unpaired) electrons. The normalized spacial score (nSPS) is 11.0. The van der Waals surface area contributed by atoms with Gasteiger partial charge in [-0.2, -0.15) is 8.78 Å². The molecule has 0 unspecified atom stereocenters. The van der Waals surface area contributed by atoms with E-state index < -0.39 is 6.61 Å². The first-order valence-corrected chi connectivity index (χ1v) is 9.16. The smallest absolute Gasteiger partial charge is 0.387 e. The zero-order valence-corrected chi connectivity index (χ0v) is 15.5. The Bertz CT molecular complexity index is 876. The Morgan fingerprint density at radius 3 is 2.37 bits per heavy atom. The summed E-state index contributed by atoms with van der Waals surface area (Å²) < 4.78 is 35.7. The summed E-state index contributed by atoms with van der Waals surface area (Å²) in [5.74, 6) is 7.84. The monoisotopic (exact) mass is 412 g/mol. The van der Waals surface area contributed by atoms with Crippen molar-refractivity contribution in [3.05, 3.63) is 53.6 Å². The fraction of sp³-hybridized carbons (Fsp3) is 0.176. The van der Waals surface area contributed by atoms with E-state index in [9.17, 15) is 8.78 Å². The third kappa shape index (κ3) is 5.24. The highest BCUT2D eigenvalue weighted by molar-refractivity contribution is 7.99. The van der Waals surface area contributed by atoms with Crippen molar-refractivity contribution in [1.29, 1.82) is 0 Å². The van der Waals surface area contributed by atoms with E-state index in [2.05, 4.69) is 14.9 Å². The summed E-state index contributed by atoms with van der Waals surface area (Å²) in [7, 11) is 0. The molecule has 10 heteroatoms. The summed E-state index contributed by atoms with van der Waals surface area (Å²) in [4.78, 5) is 0. The lowest BCUT2D eigenvalue weighted by Gasteiger charge is -2.07. The fourth-order valence-corrected chi connectivity index (χ4v) is 2.98. The van der Waals surface area contributed by atoms with E-state index in [1.54, 1.807) is 36.4 Å². The van der Waals surface area contributed by atoms with Crippen molar-refractivity contribution in [3.63, 3.8) is 0 Å². The number of halogens is 3. The summed E-state index contributed by atoms with van der Waals surface area (Å²) >= 11 is 7.21. The first kappa shape index (κ1) is 19.2. The number of nitrogen functional groups attached to an aromatic ring is 1. The standard InChI is InChI=1S/C17H15ClF2N4O2S/c18-12-3-7-13(8-4-12)25-9-10-27-17-23-22-15(24(17)21)11-1-5-14(6-2-11)26-16(19)20/h1-8,16H,9-10,21H2. The van der Waals surface area contributed by atoms with Gasteiger partial charge in [-0.15, -0.1) is 10.2 Å². The minimum Gasteiger partial charge on any atom is -0.493 e. The molecule has 0 bridgehead atoms. The number of alkyl halides is 2. The Morgan fingerprint density at radius 2 is 1.70 bits per heavy atom. The van der Waals surface area contributed by atoms with Crippen LogP contribution in [-0.2, 0) is 0 Å². The maximum atomic E-state index is 12.2. The summed E-state index contributed by atoms with van der Waals surface area (Å²) in [6, 6.07) is 13.1. The molecule has 2 aromatic carbocycles. The van der Waals surface area contributed by atoms with Gasteiger partial charge in [0.25, 0.3) is 0 Å². The van der Waals surface area contributed by atoms with Gasteiger partial charge in [-0.05, 0) is 48.5 Å². The average molecular weight is 413 g/mol. The molecule has 0 fully saturated rings. The molecule has 0 aliphatic rings. The molecule has 142 valence electrons. The van der Waals surface area contributed by atoms with Gasteiger partial charge in [-0.3, -0.25) is 0 Å². The predicted molar refractivity (Wildman–Crippen MR) is 99.9 cm³/mol. The number of ether oxygens (including phenoxy) is 2. The van der Waals surface area contributed by atoms with Crippen LogP contribution in [0.15, 0.2) is 53.7 Å². The van der Waals surface area contributed by atoms with E-state index in [1.807, 2.05) is 0 Å². The molecular formula is C17H15ClF2N4O2S. The molecule has 0 saturated heterocycles. The van der Waals surface area contributed by atoms with E-state index in [0.717, 1.165) is 5.75 Å². The topological polar surface area (TPSA) is 75.2 Å². The molecule has 3 aromatic rings. The van der Waals surface area contributed by atoms with Crippen LogP contribution in [0, 0.1) is 0 Å². The molecule has 1 aromatic heterocycles. The van der Waals surface area contributed by atoms with Crippen LogP contribution in [0.1, 0.15) is 0 Å². The minimum absolute atomic E-state index is 0.0609. The first-order chi connectivity index (χ1) is 13.0. The largest absolute Gasteiger partial charge is 0.493 e. The van der Waals surface area contributed by atoms with Gasteiger partial charge in [-0.1, -0.05) is 23.4 Å². The van der Waals surface area contributed by atoms with E-state index in [4.69, 9.17) is 22.2 Å². The van der Waals surface area contributed by atoms with Crippen LogP contribution < -0.4 is 15.3 Å². The molecule has 0 aliphatic carbocycles. The Balaban J connectivity index is 1.56. The van der Waals surface area contributed by atoms with Gasteiger partial charge in [0.05, 0.1) is 6.61 Å². The van der Waals surface area contributed by atoms with Crippen molar-refractivity contribution in [1.82, 2.24) is 14.9 Å². The summed E-state index contributed by atoms with van der Waals surface area (Å²) in [6.07, 6.45) is 0.